The van der Waals surface area contributed by atoms with Gasteiger partial charge in [-0.3, -0.25) is 0 Å². The van der Waals surface area contributed by atoms with Gasteiger partial charge in [-0.2, -0.15) is 5.10 Å². The van der Waals surface area contributed by atoms with Crippen LogP contribution in [0.2, 0.25) is 5.02 Å². The molecule has 0 aromatic heterocycles. The zero-order chi connectivity index (χ0) is 20.8. The maximum atomic E-state index is 13.9. The van der Waals surface area contributed by atoms with Crippen LogP contribution < -0.4 is 9.47 Å². The normalized spacial score (nSPS) is 19.6. The number of fused-ring (bicyclic) bond motifs is 3. The highest BCUT2D eigenvalue weighted by atomic mass is 35.5. The van der Waals surface area contributed by atoms with Crippen LogP contribution in [0.3, 0.4) is 0 Å². The number of hydrogen-bond acceptors (Lipinski definition) is 4. The summed E-state index contributed by atoms with van der Waals surface area (Å²) in [7, 11) is 1.62. The summed E-state index contributed by atoms with van der Waals surface area (Å²) in [4.78, 5) is 0. The lowest BCUT2D eigenvalue weighted by Gasteiger charge is -2.38. The molecule has 0 bridgehead atoms. The molecule has 5 rings (SSSR count). The van der Waals surface area contributed by atoms with Crippen LogP contribution in [0, 0.1) is 11.6 Å². The third-order valence-corrected chi connectivity index (χ3v) is 5.64. The van der Waals surface area contributed by atoms with E-state index in [0.29, 0.717) is 22.8 Å². The van der Waals surface area contributed by atoms with Crippen LogP contribution in [0.25, 0.3) is 0 Å². The highest BCUT2D eigenvalue weighted by Crippen LogP contribution is 2.48. The minimum absolute atomic E-state index is 0.136. The van der Waals surface area contributed by atoms with Crippen LogP contribution in [-0.2, 0) is 0 Å². The van der Waals surface area contributed by atoms with Gasteiger partial charge in [0, 0.05) is 22.6 Å². The second kappa shape index (κ2) is 7.29. The number of hydrogen-bond donors (Lipinski definition) is 0. The van der Waals surface area contributed by atoms with Crippen molar-refractivity contribution in [2.45, 2.75) is 18.7 Å². The van der Waals surface area contributed by atoms with Gasteiger partial charge in [0.1, 0.15) is 11.5 Å². The molecule has 0 spiro atoms. The first-order chi connectivity index (χ1) is 14.5. The van der Waals surface area contributed by atoms with Crippen LogP contribution in [0.4, 0.5) is 8.78 Å². The largest absolute Gasteiger partial charge is 0.497 e. The Labute approximate surface area is 177 Å². The Bertz CT molecular complexity index is 1150. The van der Waals surface area contributed by atoms with E-state index in [-0.39, 0.29) is 6.04 Å². The number of nitrogens with zero attached hydrogens (tertiary/aromatic N) is 2. The van der Waals surface area contributed by atoms with Crippen LogP contribution in [0.15, 0.2) is 65.8 Å². The fourth-order valence-corrected chi connectivity index (χ4v) is 4.08. The van der Waals surface area contributed by atoms with Crippen molar-refractivity contribution in [1.82, 2.24) is 5.01 Å². The van der Waals surface area contributed by atoms with E-state index in [4.69, 9.17) is 26.2 Å². The van der Waals surface area contributed by atoms with Crippen LogP contribution >= 0.6 is 11.6 Å². The van der Waals surface area contributed by atoms with Gasteiger partial charge in [-0.05, 0) is 60.2 Å². The van der Waals surface area contributed by atoms with E-state index in [1.165, 1.54) is 6.07 Å². The number of hydrazone groups is 1. The van der Waals surface area contributed by atoms with Crippen molar-refractivity contribution < 1.29 is 18.3 Å². The molecule has 2 aliphatic rings. The number of rotatable bonds is 3. The summed E-state index contributed by atoms with van der Waals surface area (Å²) in [5.74, 6) is -0.410. The first kappa shape index (κ1) is 18.9. The standard InChI is InChI=1S/C23H17ClF2N2O2/c1-29-16-6-2-13(3-7-16)20-12-21-17-11-15(24)5-9-22(17)30-23(28(21)27-20)14-4-8-18(25)19(26)10-14/h2-11,21,23H,12H2,1H3. The van der Waals surface area contributed by atoms with Crippen molar-refractivity contribution in [1.29, 1.82) is 0 Å². The molecule has 7 heteroatoms. The predicted molar refractivity (Wildman–Crippen MR) is 110 cm³/mol. The van der Waals surface area contributed by atoms with Crippen molar-refractivity contribution in [3.05, 3.63) is 94.0 Å². The van der Waals surface area contributed by atoms with E-state index >= 15 is 0 Å². The molecule has 0 radical (unpaired) electrons. The number of methoxy groups -OCH3 is 1. The number of halogens is 3. The van der Waals surface area contributed by atoms with Crippen molar-refractivity contribution in [3.8, 4) is 11.5 Å². The molecule has 3 aromatic carbocycles. The summed E-state index contributed by atoms with van der Waals surface area (Å²) in [6, 6.07) is 16.7. The zero-order valence-electron chi connectivity index (χ0n) is 16.0. The minimum Gasteiger partial charge on any atom is -0.497 e. The van der Waals surface area contributed by atoms with E-state index in [0.717, 1.165) is 34.7 Å². The lowest BCUT2D eigenvalue weighted by Crippen LogP contribution is -2.33. The average Bonchev–Trinajstić information content (AvgIpc) is 3.21. The van der Waals surface area contributed by atoms with Gasteiger partial charge in [0.25, 0.3) is 0 Å². The van der Waals surface area contributed by atoms with E-state index in [9.17, 15) is 8.78 Å². The quantitative estimate of drug-likeness (QED) is 0.525. The average molecular weight is 427 g/mol. The summed E-state index contributed by atoms with van der Waals surface area (Å²) in [6.45, 7) is 0. The topological polar surface area (TPSA) is 34.1 Å². The van der Waals surface area contributed by atoms with Crippen molar-refractivity contribution >= 4 is 17.3 Å². The first-order valence-electron chi connectivity index (χ1n) is 9.45. The molecule has 2 heterocycles. The molecular formula is C23H17ClF2N2O2. The Morgan fingerprint density at radius 2 is 1.83 bits per heavy atom. The third-order valence-electron chi connectivity index (χ3n) is 5.40. The van der Waals surface area contributed by atoms with Gasteiger partial charge in [0.15, 0.2) is 11.6 Å². The molecule has 0 fully saturated rings. The van der Waals surface area contributed by atoms with E-state index in [1.807, 2.05) is 30.3 Å². The van der Waals surface area contributed by atoms with Gasteiger partial charge in [0.2, 0.25) is 6.23 Å². The Hall–Kier alpha value is -3.12. The molecule has 2 aliphatic heterocycles. The van der Waals surface area contributed by atoms with Gasteiger partial charge in [0.05, 0.1) is 18.9 Å². The molecular weight excluding hydrogens is 410 g/mol. The van der Waals surface area contributed by atoms with Gasteiger partial charge < -0.3 is 9.47 Å². The molecule has 4 nitrogen and oxygen atoms in total. The molecule has 0 saturated heterocycles. The second-order valence-electron chi connectivity index (χ2n) is 7.20. The van der Waals surface area contributed by atoms with Crippen LogP contribution in [-0.4, -0.2) is 17.8 Å². The third kappa shape index (κ3) is 3.17. The maximum absolute atomic E-state index is 13.9. The van der Waals surface area contributed by atoms with Crippen molar-refractivity contribution in [3.63, 3.8) is 0 Å². The summed E-state index contributed by atoms with van der Waals surface area (Å²) >= 11 is 6.23. The molecule has 30 heavy (non-hydrogen) atoms. The van der Waals surface area contributed by atoms with Gasteiger partial charge in [-0.15, -0.1) is 0 Å². The molecule has 0 N–H and O–H groups in total. The van der Waals surface area contributed by atoms with Crippen LogP contribution in [0.5, 0.6) is 11.5 Å². The second-order valence-corrected chi connectivity index (χ2v) is 7.64. The highest BCUT2D eigenvalue weighted by Gasteiger charge is 2.41. The lowest BCUT2D eigenvalue weighted by atomic mass is 9.96. The summed E-state index contributed by atoms with van der Waals surface area (Å²) in [5.41, 5.74) is 3.22. The fourth-order valence-electron chi connectivity index (χ4n) is 3.90. The smallest absolute Gasteiger partial charge is 0.213 e. The Balaban J connectivity index is 1.58. The Morgan fingerprint density at radius 1 is 1.03 bits per heavy atom. The van der Waals surface area contributed by atoms with Gasteiger partial charge in [-0.1, -0.05) is 17.7 Å². The van der Waals surface area contributed by atoms with Crippen LogP contribution in [0.1, 0.15) is 35.4 Å². The van der Waals surface area contributed by atoms with E-state index in [1.54, 1.807) is 24.3 Å². The van der Waals surface area contributed by atoms with Gasteiger partial charge in [-0.25, -0.2) is 13.8 Å². The molecule has 2 atom stereocenters. The fraction of sp³-hybridized carbons (Fsp3) is 0.174. The number of benzene rings is 3. The molecule has 0 amide bonds. The summed E-state index contributed by atoms with van der Waals surface area (Å²) < 4.78 is 38.8. The summed E-state index contributed by atoms with van der Waals surface area (Å²) in [5, 5.41) is 7.19. The molecule has 0 aliphatic carbocycles. The molecule has 152 valence electrons. The zero-order valence-corrected chi connectivity index (χ0v) is 16.7. The predicted octanol–water partition coefficient (Wildman–Crippen LogP) is 5.87. The SMILES string of the molecule is COc1ccc(C2=NN3C(C2)c2cc(Cl)ccc2OC3c2ccc(F)c(F)c2)cc1. The molecule has 3 aromatic rings. The van der Waals surface area contributed by atoms with E-state index < -0.39 is 17.9 Å². The Kier molecular flexibility index (Phi) is 4.59. The Morgan fingerprint density at radius 3 is 2.57 bits per heavy atom. The van der Waals surface area contributed by atoms with Crippen molar-refractivity contribution in [2.24, 2.45) is 5.10 Å². The number of ether oxygens (including phenoxy) is 2. The highest BCUT2D eigenvalue weighted by molar-refractivity contribution is 6.30. The van der Waals surface area contributed by atoms with Crippen molar-refractivity contribution in [2.75, 3.05) is 7.11 Å². The first-order valence-corrected chi connectivity index (χ1v) is 9.82. The molecule has 2 unspecified atom stereocenters. The summed E-state index contributed by atoms with van der Waals surface area (Å²) in [6.07, 6.45) is -0.0574. The monoisotopic (exact) mass is 426 g/mol. The lowest BCUT2D eigenvalue weighted by molar-refractivity contribution is -0.0192. The molecule has 0 saturated carbocycles. The minimum atomic E-state index is -0.923. The maximum Gasteiger partial charge on any atom is 0.213 e. The van der Waals surface area contributed by atoms with E-state index in [2.05, 4.69) is 0 Å². The van der Waals surface area contributed by atoms with Gasteiger partial charge >= 0.3 is 0 Å².